The first-order chi connectivity index (χ1) is 10.1. The molecule has 1 N–H and O–H groups in total. The summed E-state index contributed by atoms with van der Waals surface area (Å²) in [5.74, 6) is 0.632. The number of amides is 1. The maximum Gasteiger partial charge on any atom is 0.242 e. The Labute approximate surface area is 127 Å². The lowest BCUT2D eigenvalue weighted by Crippen LogP contribution is -2.22. The van der Waals surface area contributed by atoms with Crippen LogP contribution in [0.5, 0.6) is 5.75 Å². The fourth-order valence-electron chi connectivity index (χ4n) is 1.72. The number of nitrogens with one attached hydrogen (secondary N) is 1. The van der Waals surface area contributed by atoms with E-state index < -0.39 is 0 Å². The number of para-hydroxylation sites is 1. The quantitative estimate of drug-likeness (QED) is 0.428. The molecule has 0 aliphatic carbocycles. The second-order valence-corrected chi connectivity index (χ2v) is 5.34. The number of carbonyl (C=O) groups excluding carboxylic acids is 1. The molecule has 0 saturated carbocycles. The summed E-state index contributed by atoms with van der Waals surface area (Å²) in [7, 11) is 0. The van der Waals surface area contributed by atoms with Crippen molar-refractivity contribution in [3.8, 4) is 5.75 Å². The zero-order valence-electron chi connectivity index (χ0n) is 13.3. The highest BCUT2D eigenvalue weighted by Crippen LogP contribution is 2.16. The van der Waals surface area contributed by atoms with Gasteiger partial charge in [-0.1, -0.05) is 52.2 Å². The van der Waals surface area contributed by atoms with Gasteiger partial charge in [0.15, 0.2) is 0 Å². The van der Waals surface area contributed by atoms with Crippen LogP contribution in [-0.2, 0) is 4.79 Å². The highest BCUT2D eigenvalue weighted by atomic mass is 16.5. The number of benzene rings is 1. The van der Waals surface area contributed by atoms with E-state index in [1.54, 1.807) is 6.21 Å². The molecule has 0 saturated heterocycles. The molecule has 21 heavy (non-hydrogen) atoms. The minimum absolute atomic E-state index is 0.0767. The number of hydrazone groups is 1. The molecule has 0 aliphatic heterocycles. The van der Waals surface area contributed by atoms with Crippen LogP contribution in [-0.4, -0.2) is 18.7 Å². The predicted octanol–water partition coefficient (Wildman–Crippen LogP) is 3.75. The Balaban J connectivity index is 2.50. The van der Waals surface area contributed by atoms with E-state index in [0.29, 0.717) is 6.61 Å². The van der Waals surface area contributed by atoms with E-state index in [0.717, 1.165) is 17.7 Å². The molecule has 1 aromatic carbocycles. The van der Waals surface area contributed by atoms with E-state index in [1.807, 2.05) is 38.1 Å². The molecule has 0 heterocycles. The zero-order chi connectivity index (χ0) is 15.5. The predicted molar refractivity (Wildman–Crippen MR) is 86.7 cm³/mol. The molecule has 0 aliphatic rings. The molecule has 1 aromatic rings. The lowest BCUT2D eigenvalue weighted by Gasteiger charge is -2.08. The molecule has 1 rings (SSSR count). The first kappa shape index (κ1) is 17.2. The van der Waals surface area contributed by atoms with E-state index >= 15 is 0 Å². The van der Waals surface area contributed by atoms with Crippen LogP contribution in [0.2, 0.25) is 0 Å². The number of carbonyl (C=O) groups is 1. The molecule has 0 aromatic heterocycles. The standard InChI is InChI=1S/C17H26N2O2/c1-4-5-6-9-12-21-16-11-8-7-10-15(16)13-18-19-17(20)14(2)3/h7-8,10-11,13-14H,4-6,9,12H2,1-3H3,(H,19,20)/b18-13+. The Bertz CT molecular complexity index is 456. The Kier molecular flexibility index (Phi) is 8.17. The number of unbranched alkanes of at least 4 members (excludes halogenated alkanes) is 3. The highest BCUT2D eigenvalue weighted by molar-refractivity contribution is 5.85. The first-order valence-corrected chi connectivity index (χ1v) is 7.70. The smallest absolute Gasteiger partial charge is 0.242 e. The molecule has 0 fully saturated rings. The Morgan fingerprint density at radius 3 is 2.76 bits per heavy atom. The molecule has 1 amide bonds. The van der Waals surface area contributed by atoms with Gasteiger partial charge in [-0.15, -0.1) is 0 Å². The van der Waals surface area contributed by atoms with Gasteiger partial charge in [-0.25, -0.2) is 5.43 Å². The van der Waals surface area contributed by atoms with Crippen molar-refractivity contribution >= 4 is 12.1 Å². The van der Waals surface area contributed by atoms with Gasteiger partial charge in [0.25, 0.3) is 0 Å². The van der Waals surface area contributed by atoms with Gasteiger partial charge >= 0.3 is 0 Å². The van der Waals surface area contributed by atoms with E-state index in [1.165, 1.54) is 19.3 Å². The zero-order valence-corrected chi connectivity index (χ0v) is 13.3. The molecule has 0 atom stereocenters. The van der Waals surface area contributed by atoms with Gasteiger partial charge in [-0.3, -0.25) is 4.79 Å². The third-order valence-electron chi connectivity index (χ3n) is 3.08. The van der Waals surface area contributed by atoms with Crippen LogP contribution in [0.15, 0.2) is 29.4 Å². The van der Waals surface area contributed by atoms with Gasteiger partial charge in [-0.2, -0.15) is 5.10 Å². The van der Waals surface area contributed by atoms with Gasteiger partial charge in [-0.05, 0) is 18.6 Å². The van der Waals surface area contributed by atoms with Crippen molar-refractivity contribution in [1.82, 2.24) is 5.43 Å². The average Bonchev–Trinajstić information content (AvgIpc) is 2.48. The highest BCUT2D eigenvalue weighted by Gasteiger charge is 2.04. The second-order valence-electron chi connectivity index (χ2n) is 5.34. The van der Waals surface area contributed by atoms with E-state index in [2.05, 4.69) is 17.5 Å². The summed E-state index contributed by atoms with van der Waals surface area (Å²) in [5.41, 5.74) is 3.39. The summed E-state index contributed by atoms with van der Waals surface area (Å²) in [6, 6.07) is 7.71. The average molecular weight is 290 g/mol. The molecule has 0 unspecified atom stereocenters. The third kappa shape index (κ3) is 6.93. The summed E-state index contributed by atoms with van der Waals surface area (Å²) in [6.07, 6.45) is 6.34. The van der Waals surface area contributed by atoms with Crippen molar-refractivity contribution in [2.45, 2.75) is 46.5 Å². The number of ether oxygens (including phenoxy) is 1. The molecule has 0 bridgehead atoms. The van der Waals surface area contributed by atoms with Crippen LogP contribution in [0.4, 0.5) is 0 Å². The minimum Gasteiger partial charge on any atom is -0.493 e. The fraction of sp³-hybridized carbons (Fsp3) is 0.529. The molecular formula is C17H26N2O2. The van der Waals surface area contributed by atoms with Crippen LogP contribution in [0.1, 0.15) is 52.0 Å². The van der Waals surface area contributed by atoms with Crippen molar-refractivity contribution in [3.05, 3.63) is 29.8 Å². The Hall–Kier alpha value is -1.84. The normalized spacial score (nSPS) is 11.0. The lowest BCUT2D eigenvalue weighted by molar-refractivity contribution is -0.123. The molecular weight excluding hydrogens is 264 g/mol. The first-order valence-electron chi connectivity index (χ1n) is 7.70. The lowest BCUT2D eigenvalue weighted by atomic mass is 10.2. The Morgan fingerprint density at radius 1 is 1.29 bits per heavy atom. The van der Waals surface area contributed by atoms with Gasteiger partial charge in [0.1, 0.15) is 5.75 Å². The van der Waals surface area contributed by atoms with Gasteiger partial charge in [0.05, 0.1) is 12.8 Å². The van der Waals surface area contributed by atoms with Crippen LogP contribution in [0.25, 0.3) is 0 Å². The van der Waals surface area contributed by atoms with Crippen molar-refractivity contribution < 1.29 is 9.53 Å². The number of hydrogen-bond donors (Lipinski definition) is 1. The van der Waals surface area contributed by atoms with Crippen LogP contribution >= 0.6 is 0 Å². The topological polar surface area (TPSA) is 50.7 Å². The van der Waals surface area contributed by atoms with Crippen LogP contribution < -0.4 is 10.2 Å². The summed E-state index contributed by atoms with van der Waals surface area (Å²) >= 11 is 0. The van der Waals surface area contributed by atoms with E-state index in [4.69, 9.17) is 4.74 Å². The monoisotopic (exact) mass is 290 g/mol. The molecule has 0 spiro atoms. The molecule has 4 heteroatoms. The molecule has 4 nitrogen and oxygen atoms in total. The number of rotatable bonds is 9. The summed E-state index contributed by atoms with van der Waals surface area (Å²) in [4.78, 5) is 11.4. The van der Waals surface area contributed by atoms with Crippen molar-refractivity contribution in [3.63, 3.8) is 0 Å². The number of hydrogen-bond acceptors (Lipinski definition) is 3. The van der Waals surface area contributed by atoms with Gasteiger partial charge < -0.3 is 4.74 Å². The summed E-state index contributed by atoms with van der Waals surface area (Å²) < 4.78 is 5.78. The Morgan fingerprint density at radius 2 is 2.05 bits per heavy atom. The molecule has 116 valence electrons. The summed E-state index contributed by atoms with van der Waals surface area (Å²) in [5, 5.41) is 3.98. The minimum atomic E-state index is -0.0933. The van der Waals surface area contributed by atoms with Crippen molar-refractivity contribution in [1.29, 1.82) is 0 Å². The largest absolute Gasteiger partial charge is 0.493 e. The van der Waals surface area contributed by atoms with E-state index in [9.17, 15) is 4.79 Å². The second kappa shape index (κ2) is 9.97. The maximum atomic E-state index is 11.4. The fourth-order valence-corrected chi connectivity index (χ4v) is 1.72. The van der Waals surface area contributed by atoms with E-state index in [-0.39, 0.29) is 11.8 Å². The van der Waals surface area contributed by atoms with Crippen LogP contribution in [0.3, 0.4) is 0 Å². The van der Waals surface area contributed by atoms with Gasteiger partial charge in [0, 0.05) is 11.5 Å². The summed E-state index contributed by atoms with van der Waals surface area (Å²) in [6.45, 7) is 6.57. The SMILES string of the molecule is CCCCCCOc1ccccc1/C=N/NC(=O)C(C)C. The van der Waals surface area contributed by atoms with Gasteiger partial charge in [0.2, 0.25) is 5.91 Å². The van der Waals surface area contributed by atoms with Crippen molar-refractivity contribution in [2.24, 2.45) is 11.0 Å². The van der Waals surface area contributed by atoms with Crippen LogP contribution in [0, 0.1) is 5.92 Å². The maximum absolute atomic E-state index is 11.4. The number of nitrogens with zero attached hydrogens (tertiary/aromatic N) is 1. The van der Waals surface area contributed by atoms with Crippen molar-refractivity contribution in [2.75, 3.05) is 6.61 Å². The molecule has 0 radical (unpaired) electrons. The third-order valence-corrected chi connectivity index (χ3v) is 3.08.